The van der Waals surface area contributed by atoms with Gasteiger partial charge in [0.25, 0.3) is 11.8 Å². The second kappa shape index (κ2) is 10.4. The summed E-state index contributed by atoms with van der Waals surface area (Å²) in [5.74, 6) is -1.96. The van der Waals surface area contributed by atoms with Gasteiger partial charge in [0.1, 0.15) is 24.2 Å². The minimum atomic E-state index is -0.817. The number of carbonyl (C=O) groups excluding carboxylic acids is 4. The Kier molecular flexibility index (Phi) is 7.82. The maximum absolute atomic E-state index is 12.7. The number of oxime groups is 1. The van der Waals surface area contributed by atoms with Crippen LogP contribution in [-0.4, -0.2) is 70.4 Å². The number of nitrogens with two attached hydrogens (primary N) is 1. The summed E-state index contributed by atoms with van der Waals surface area (Å²) in [6.07, 6.45) is 1.57. The number of carbonyl (C=O) groups is 4. The lowest BCUT2D eigenvalue weighted by molar-refractivity contribution is -0.165. The van der Waals surface area contributed by atoms with Crippen molar-refractivity contribution in [2.75, 3.05) is 25.4 Å². The van der Waals surface area contributed by atoms with E-state index in [0.29, 0.717) is 0 Å². The maximum atomic E-state index is 12.7. The smallest absolute Gasteiger partial charge is 0.339 e. The van der Waals surface area contributed by atoms with Crippen LogP contribution in [-0.2, 0) is 33.5 Å². The van der Waals surface area contributed by atoms with Gasteiger partial charge in [-0.3, -0.25) is 14.4 Å². The van der Waals surface area contributed by atoms with E-state index in [-0.39, 0.29) is 39.7 Å². The molecule has 2 aliphatic heterocycles. The Labute approximate surface area is 203 Å². The Morgan fingerprint density at radius 3 is 2.68 bits per heavy atom. The van der Waals surface area contributed by atoms with E-state index < -0.39 is 42.0 Å². The molecule has 0 aromatic carbocycles. The van der Waals surface area contributed by atoms with Crippen LogP contribution in [0.4, 0.5) is 5.13 Å². The number of nitrogens with zero attached hydrogens (tertiary/aromatic N) is 3. The minimum Gasteiger partial charge on any atom is -0.428 e. The zero-order valence-electron chi connectivity index (χ0n) is 19.0. The molecule has 2 atom stereocenters. The number of thioether (sulfide) groups is 1. The van der Waals surface area contributed by atoms with Crippen molar-refractivity contribution in [3.05, 3.63) is 22.8 Å². The molecule has 1 fully saturated rings. The van der Waals surface area contributed by atoms with Crippen LogP contribution in [0, 0.1) is 5.41 Å². The number of ether oxygens (including phenoxy) is 2. The van der Waals surface area contributed by atoms with Crippen molar-refractivity contribution in [2.45, 2.75) is 38.6 Å². The van der Waals surface area contributed by atoms with Gasteiger partial charge in [0.2, 0.25) is 6.79 Å². The SMILES string of the molecule is CON=C(C(=O)NC1C(=O)N2C=C(C(=O)OCOC(=O)CC(C)(C)C)CS[C@H]12)c1csc(N)n1. The Morgan fingerprint density at radius 2 is 2.06 bits per heavy atom. The Balaban J connectivity index is 1.54. The second-order valence-electron chi connectivity index (χ2n) is 8.55. The molecule has 3 rings (SSSR count). The van der Waals surface area contributed by atoms with Crippen molar-refractivity contribution in [1.82, 2.24) is 15.2 Å². The highest BCUT2D eigenvalue weighted by atomic mass is 32.2. The standard InChI is InChI=1S/C20H25N5O7S2/c1-20(2,3)5-12(26)31-9-32-18(29)10-6-25-16(28)14(17(25)33-7-10)23-15(27)13(24-30-4)11-8-34-19(21)22-11/h6,8,14,17H,5,7,9H2,1-4H3,(H2,21,22)(H,23,27)/t14?,17-/m1/s1. The summed E-state index contributed by atoms with van der Waals surface area (Å²) in [6.45, 7) is 5.16. The van der Waals surface area contributed by atoms with Crippen LogP contribution >= 0.6 is 23.1 Å². The molecule has 0 bridgehead atoms. The Bertz CT molecular complexity index is 1050. The largest absolute Gasteiger partial charge is 0.428 e. The van der Waals surface area contributed by atoms with Crippen molar-refractivity contribution in [3.63, 3.8) is 0 Å². The third-order valence-corrected chi connectivity index (χ3v) is 6.57. The normalized spacial score (nSPS) is 20.0. The lowest BCUT2D eigenvalue weighted by Gasteiger charge is -2.47. The van der Waals surface area contributed by atoms with Gasteiger partial charge in [0.15, 0.2) is 10.8 Å². The van der Waals surface area contributed by atoms with Gasteiger partial charge in [-0.25, -0.2) is 9.78 Å². The number of aromatic nitrogens is 1. The first-order chi connectivity index (χ1) is 16.0. The molecule has 1 unspecified atom stereocenters. The first-order valence-electron chi connectivity index (χ1n) is 10.1. The number of hydrogen-bond acceptors (Lipinski definition) is 12. The molecule has 3 heterocycles. The van der Waals surface area contributed by atoms with Crippen LogP contribution in [0.5, 0.6) is 0 Å². The number of fused-ring (bicyclic) bond motifs is 1. The summed E-state index contributed by atoms with van der Waals surface area (Å²) in [7, 11) is 1.28. The number of rotatable bonds is 8. The molecule has 0 saturated carbocycles. The summed E-state index contributed by atoms with van der Waals surface area (Å²) in [4.78, 5) is 59.4. The van der Waals surface area contributed by atoms with E-state index in [0.717, 1.165) is 11.3 Å². The first kappa shape index (κ1) is 25.5. The highest BCUT2D eigenvalue weighted by molar-refractivity contribution is 8.00. The van der Waals surface area contributed by atoms with E-state index in [1.54, 1.807) is 5.38 Å². The molecule has 34 heavy (non-hydrogen) atoms. The number of nitrogens with one attached hydrogen (secondary N) is 1. The van der Waals surface area contributed by atoms with Gasteiger partial charge < -0.3 is 30.3 Å². The van der Waals surface area contributed by atoms with Crippen molar-refractivity contribution in [2.24, 2.45) is 10.6 Å². The third-order valence-electron chi connectivity index (χ3n) is 4.58. The average molecular weight is 512 g/mol. The predicted molar refractivity (Wildman–Crippen MR) is 124 cm³/mol. The Morgan fingerprint density at radius 1 is 1.32 bits per heavy atom. The van der Waals surface area contributed by atoms with E-state index in [9.17, 15) is 19.2 Å². The summed E-state index contributed by atoms with van der Waals surface area (Å²) in [6, 6.07) is -0.817. The molecule has 3 N–H and O–H groups in total. The van der Waals surface area contributed by atoms with Crippen molar-refractivity contribution < 1.29 is 33.5 Å². The summed E-state index contributed by atoms with van der Waals surface area (Å²) in [5.41, 5.74) is 5.74. The fraction of sp³-hybridized carbons (Fsp3) is 0.500. The van der Waals surface area contributed by atoms with Gasteiger partial charge in [0.05, 0.1) is 12.0 Å². The fourth-order valence-corrected chi connectivity index (χ4v) is 4.85. The first-order valence-corrected chi connectivity index (χ1v) is 12.0. The lowest BCUT2D eigenvalue weighted by Crippen LogP contribution is -2.69. The fourth-order valence-electron chi connectivity index (χ4n) is 3.05. The van der Waals surface area contributed by atoms with Crippen LogP contribution < -0.4 is 11.1 Å². The number of β-lactam (4-membered cyclic amide) rings is 1. The molecule has 2 aliphatic rings. The molecule has 12 nitrogen and oxygen atoms in total. The molecule has 0 spiro atoms. The summed E-state index contributed by atoms with van der Waals surface area (Å²) in [5, 5.41) is 7.73. The molecule has 14 heteroatoms. The number of anilines is 1. The van der Waals surface area contributed by atoms with Crippen molar-refractivity contribution in [3.8, 4) is 0 Å². The topological polar surface area (TPSA) is 163 Å². The third kappa shape index (κ3) is 6.05. The maximum Gasteiger partial charge on any atom is 0.339 e. The van der Waals surface area contributed by atoms with E-state index in [4.69, 9.17) is 20.0 Å². The zero-order chi connectivity index (χ0) is 25.0. The van der Waals surface area contributed by atoms with Crippen molar-refractivity contribution >= 4 is 57.7 Å². The second-order valence-corrected chi connectivity index (χ2v) is 10.5. The highest BCUT2D eigenvalue weighted by Crippen LogP contribution is 2.36. The van der Waals surface area contributed by atoms with Crippen LogP contribution in [0.1, 0.15) is 32.9 Å². The predicted octanol–water partition coefficient (Wildman–Crippen LogP) is 0.840. The van der Waals surface area contributed by atoms with Gasteiger partial charge in [0, 0.05) is 17.3 Å². The molecule has 1 aromatic heterocycles. The van der Waals surface area contributed by atoms with Crippen LogP contribution in [0.25, 0.3) is 0 Å². The van der Waals surface area contributed by atoms with E-state index >= 15 is 0 Å². The molecule has 1 aromatic rings. The van der Waals surface area contributed by atoms with E-state index in [2.05, 4.69) is 15.5 Å². The van der Waals surface area contributed by atoms with Gasteiger partial charge in [-0.1, -0.05) is 25.9 Å². The quantitative estimate of drug-likeness (QED) is 0.168. The average Bonchev–Trinajstić information content (AvgIpc) is 3.19. The lowest BCUT2D eigenvalue weighted by atomic mass is 9.93. The number of nitrogen functional groups attached to an aromatic ring is 1. The molecule has 0 aliphatic carbocycles. The summed E-state index contributed by atoms with van der Waals surface area (Å²) >= 11 is 2.42. The van der Waals surface area contributed by atoms with Gasteiger partial charge in [-0.2, -0.15) is 0 Å². The molecule has 1 saturated heterocycles. The van der Waals surface area contributed by atoms with Gasteiger partial charge >= 0.3 is 11.9 Å². The van der Waals surface area contributed by atoms with Gasteiger partial charge in [-0.05, 0) is 5.41 Å². The van der Waals surface area contributed by atoms with Crippen molar-refractivity contribution in [1.29, 1.82) is 0 Å². The molecular formula is C20H25N5O7S2. The van der Waals surface area contributed by atoms with E-state index in [1.165, 1.54) is 30.0 Å². The Hall–Kier alpha value is -3.13. The number of esters is 2. The molecule has 184 valence electrons. The molecular weight excluding hydrogens is 486 g/mol. The number of hydrogen-bond donors (Lipinski definition) is 2. The monoisotopic (exact) mass is 511 g/mol. The number of thiazole rings is 1. The highest BCUT2D eigenvalue weighted by Gasteiger charge is 2.50. The molecule has 2 amide bonds. The van der Waals surface area contributed by atoms with Crippen LogP contribution in [0.15, 0.2) is 22.3 Å². The minimum absolute atomic E-state index is 0.108. The summed E-state index contributed by atoms with van der Waals surface area (Å²) < 4.78 is 9.92. The van der Waals surface area contributed by atoms with Gasteiger partial charge in [-0.15, -0.1) is 23.1 Å². The van der Waals surface area contributed by atoms with Crippen LogP contribution in [0.3, 0.4) is 0 Å². The zero-order valence-corrected chi connectivity index (χ0v) is 20.7. The van der Waals surface area contributed by atoms with E-state index in [1.807, 2.05) is 20.8 Å². The number of amides is 2. The molecule has 0 radical (unpaired) electrons. The van der Waals surface area contributed by atoms with Crippen LogP contribution in [0.2, 0.25) is 0 Å².